The van der Waals surface area contributed by atoms with Crippen LogP contribution in [-0.2, 0) is 0 Å². The third-order valence-electron chi connectivity index (χ3n) is 3.86. The lowest BCUT2D eigenvalue weighted by Gasteiger charge is -2.12. The van der Waals surface area contributed by atoms with E-state index in [9.17, 15) is 9.18 Å². The van der Waals surface area contributed by atoms with Crippen LogP contribution in [-0.4, -0.2) is 33.8 Å². The third kappa shape index (κ3) is 4.25. The van der Waals surface area contributed by atoms with Crippen LogP contribution in [0.5, 0.6) is 0 Å². The number of carbonyl (C=O) groups is 1. The minimum absolute atomic E-state index is 0.193. The van der Waals surface area contributed by atoms with Gasteiger partial charge in [-0.1, -0.05) is 27.3 Å². The molecule has 1 saturated carbocycles. The minimum atomic E-state index is -0.384. The normalized spacial score (nSPS) is 20.1. The number of anilines is 1. The van der Waals surface area contributed by atoms with Crippen LogP contribution in [0, 0.1) is 5.82 Å². The van der Waals surface area contributed by atoms with Gasteiger partial charge < -0.3 is 5.32 Å². The molecular weight excluding hydrogens is 415 g/mol. The first-order valence-electron chi connectivity index (χ1n) is 7.44. The summed E-state index contributed by atoms with van der Waals surface area (Å²) in [5.74, 6) is -0.384. The van der Waals surface area contributed by atoms with E-state index >= 15 is 0 Å². The SMILES string of the molecule is CSC1CCC(NC(=O)Nc2nnc(-c3ccc(Br)cc3F)s2)C1. The van der Waals surface area contributed by atoms with Crippen molar-refractivity contribution in [3.63, 3.8) is 0 Å². The summed E-state index contributed by atoms with van der Waals surface area (Å²) >= 11 is 6.20. The summed E-state index contributed by atoms with van der Waals surface area (Å²) < 4.78 is 14.6. The number of urea groups is 1. The molecule has 0 saturated heterocycles. The Labute approximate surface area is 156 Å². The Morgan fingerprint density at radius 1 is 1.42 bits per heavy atom. The van der Waals surface area contributed by atoms with Gasteiger partial charge in [0.25, 0.3) is 0 Å². The highest BCUT2D eigenvalue weighted by molar-refractivity contribution is 9.10. The molecule has 1 aliphatic rings. The molecule has 3 rings (SSSR count). The van der Waals surface area contributed by atoms with Gasteiger partial charge in [-0.3, -0.25) is 5.32 Å². The first kappa shape index (κ1) is 17.6. The minimum Gasteiger partial charge on any atom is -0.335 e. The molecule has 9 heteroatoms. The van der Waals surface area contributed by atoms with E-state index < -0.39 is 0 Å². The maximum atomic E-state index is 14.0. The van der Waals surface area contributed by atoms with E-state index in [1.807, 2.05) is 11.8 Å². The first-order chi connectivity index (χ1) is 11.5. The second kappa shape index (κ2) is 7.79. The van der Waals surface area contributed by atoms with Crippen LogP contribution in [0.15, 0.2) is 22.7 Å². The van der Waals surface area contributed by atoms with Crippen molar-refractivity contribution in [2.75, 3.05) is 11.6 Å². The Balaban J connectivity index is 1.60. The number of hydrogen-bond acceptors (Lipinski definition) is 5. The molecular formula is C15H16BrFN4OS2. The predicted octanol–water partition coefficient (Wildman–Crippen LogP) is 4.51. The standard InChI is InChI=1S/C15H16BrFN4OS2/c1-23-10-4-3-9(7-10)18-14(22)19-15-21-20-13(24-15)11-5-2-8(16)6-12(11)17/h2,5-6,9-10H,3-4,7H2,1H3,(H2,18,19,21,22). The molecule has 0 radical (unpaired) electrons. The smallest absolute Gasteiger partial charge is 0.321 e. The van der Waals surface area contributed by atoms with Crippen LogP contribution < -0.4 is 10.6 Å². The van der Waals surface area contributed by atoms with Gasteiger partial charge in [0, 0.05) is 21.3 Å². The molecule has 1 heterocycles. The fraction of sp³-hybridized carbons (Fsp3) is 0.400. The Hall–Kier alpha value is -1.19. The lowest BCUT2D eigenvalue weighted by Crippen LogP contribution is -2.36. The Bertz CT molecular complexity index is 742. The Morgan fingerprint density at radius 2 is 2.25 bits per heavy atom. The van der Waals surface area contributed by atoms with Crippen LogP contribution in [0.3, 0.4) is 0 Å². The molecule has 2 unspecified atom stereocenters. The lowest BCUT2D eigenvalue weighted by molar-refractivity contribution is 0.248. The molecule has 2 aromatic rings. The fourth-order valence-electron chi connectivity index (χ4n) is 2.65. The van der Waals surface area contributed by atoms with Gasteiger partial charge in [0.05, 0.1) is 0 Å². The highest BCUT2D eigenvalue weighted by atomic mass is 79.9. The number of carbonyl (C=O) groups excluding carboxylic acids is 1. The van der Waals surface area contributed by atoms with Gasteiger partial charge >= 0.3 is 6.03 Å². The van der Waals surface area contributed by atoms with Crippen molar-refractivity contribution < 1.29 is 9.18 Å². The zero-order valence-corrected chi connectivity index (χ0v) is 16.1. The molecule has 0 bridgehead atoms. The number of benzene rings is 1. The summed E-state index contributed by atoms with van der Waals surface area (Å²) in [7, 11) is 0. The average molecular weight is 431 g/mol. The van der Waals surface area contributed by atoms with Gasteiger partial charge in [0.2, 0.25) is 5.13 Å². The number of halogens is 2. The second-order valence-electron chi connectivity index (χ2n) is 5.50. The van der Waals surface area contributed by atoms with Crippen LogP contribution in [0.1, 0.15) is 19.3 Å². The molecule has 1 aromatic heterocycles. The summed E-state index contributed by atoms with van der Waals surface area (Å²) in [5.41, 5.74) is 0.364. The van der Waals surface area contributed by atoms with Crippen molar-refractivity contribution in [2.45, 2.75) is 30.6 Å². The monoisotopic (exact) mass is 430 g/mol. The largest absolute Gasteiger partial charge is 0.335 e. The molecule has 1 aromatic carbocycles. The van der Waals surface area contributed by atoms with Gasteiger partial charge in [0.15, 0.2) is 5.01 Å². The second-order valence-corrected chi connectivity index (χ2v) is 8.53. The maximum absolute atomic E-state index is 14.0. The third-order valence-corrected chi connectivity index (χ3v) is 6.32. The van der Waals surface area contributed by atoms with Crippen molar-refractivity contribution in [3.05, 3.63) is 28.5 Å². The molecule has 2 atom stereocenters. The molecule has 24 heavy (non-hydrogen) atoms. The quantitative estimate of drug-likeness (QED) is 0.748. The topological polar surface area (TPSA) is 66.9 Å². The van der Waals surface area contributed by atoms with Crippen molar-refractivity contribution in [3.8, 4) is 10.6 Å². The first-order valence-corrected chi connectivity index (χ1v) is 10.3. The number of amides is 2. The van der Waals surface area contributed by atoms with E-state index in [1.165, 1.54) is 6.07 Å². The van der Waals surface area contributed by atoms with Gasteiger partial charge in [-0.25, -0.2) is 9.18 Å². The highest BCUT2D eigenvalue weighted by Gasteiger charge is 2.25. The number of aromatic nitrogens is 2. The van der Waals surface area contributed by atoms with Gasteiger partial charge in [-0.05, 0) is 43.7 Å². The fourth-order valence-corrected chi connectivity index (χ4v) is 4.54. The summed E-state index contributed by atoms with van der Waals surface area (Å²) in [6.45, 7) is 0. The van der Waals surface area contributed by atoms with Crippen LogP contribution >= 0.6 is 39.0 Å². The lowest BCUT2D eigenvalue weighted by atomic mass is 10.2. The zero-order chi connectivity index (χ0) is 17.1. The Kier molecular flexibility index (Phi) is 5.72. The van der Waals surface area contributed by atoms with E-state index in [2.05, 4.69) is 43.0 Å². The van der Waals surface area contributed by atoms with Crippen molar-refractivity contribution in [1.82, 2.24) is 15.5 Å². The van der Waals surface area contributed by atoms with Gasteiger partial charge in [0.1, 0.15) is 5.82 Å². The molecule has 1 fully saturated rings. The van der Waals surface area contributed by atoms with Crippen molar-refractivity contribution in [2.24, 2.45) is 0 Å². The van der Waals surface area contributed by atoms with Crippen LogP contribution in [0.4, 0.5) is 14.3 Å². The van der Waals surface area contributed by atoms with Crippen LogP contribution in [0.25, 0.3) is 10.6 Å². The number of hydrogen-bond donors (Lipinski definition) is 2. The maximum Gasteiger partial charge on any atom is 0.321 e. The Morgan fingerprint density at radius 3 is 2.96 bits per heavy atom. The predicted molar refractivity (Wildman–Crippen MR) is 100 cm³/mol. The molecule has 1 aliphatic carbocycles. The average Bonchev–Trinajstić information content (AvgIpc) is 3.16. The summed E-state index contributed by atoms with van der Waals surface area (Å²) in [4.78, 5) is 12.1. The van der Waals surface area contributed by atoms with Gasteiger partial charge in [-0.2, -0.15) is 11.8 Å². The number of rotatable bonds is 4. The van der Waals surface area contributed by atoms with Crippen molar-refractivity contribution in [1.29, 1.82) is 0 Å². The zero-order valence-electron chi connectivity index (χ0n) is 12.9. The van der Waals surface area contributed by atoms with Crippen molar-refractivity contribution >= 4 is 50.2 Å². The molecule has 128 valence electrons. The van der Waals surface area contributed by atoms with E-state index in [-0.39, 0.29) is 17.9 Å². The molecule has 2 N–H and O–H groups in total. The molecule has 0 aliphatic heterocycles. The number of nitrogens with one attached hydrogen (secondary N) is 2. The van der Waals surface area contributed by atoms with E-state index in [4.69, 9.17) is 0 Å². The summed E-state index contributed by atoms with van der Waals surface area (Å²) in [6.07, 6.45) is 5.19. The number of nitrogens with zero attached hydrogens (tertiary/aromatic N) is 2. The molecule has 0 spiro atoms. The molecule has 5 nitrogen and oxygen atoms in total. The van der Waals surface area contributed by atoms with E-state index in [0.717, 1.165) is 30.6 Å². The van der Waals surface area contributed by atoms with E-state index in [0.29, 0.717) is 25.4 Å². The molecule has 2 amide bonds. The summed E-state index contributed by atoms with van der Waals surface area (Å²) in [5, 5.41) is 14.9. The van der Waals surface area contributed by atoms with Gasteiger partial charge in [-0.15, -0.1) is 10.2 Å². The van der Waals surface area contributed by atoms with E-state index in [1.54, 1.807) is 12.1 Å². The number of thioether (sulfide) groups is 1. The van der Waals surface area contributed by atoms with Crippen LogP contribution in [0.2, 0.25) is 0 Å². The highest BCUT2D eigenvalue weighted by Crippen LogP contribution is 2.30. The summed E-state index contributed by atoms with van der Waals surface area (Å²) in [6, 6.07) is 4.64.